The molecule has 0 unspecified atom stereocenters. The third-order valence-corrected chi connectivity index (χ3v) is 4.70. The molecule has 1 heterocycles. The molecule has 3 rings (SSSR count). The van der Waals surface area contributed by atoms with Crippen molar-refractivity contribution in [2.45, 2.75) is 32.7 Å². The summed E-state index contributed by atoms with van der Waals surface area (Å²) in [7, 11) is 1.63. The Balaban J connectivity index is 1.61. The number of aromatic amines is 1. The summed E-state index contributed by atoms with van der Waals surface area (Å²) in [6.07, 6.45) is 2.14. The Hall–Kier alpha value is -3.28. The number of amides is 1. The molecule has 0 aliphatic rings. The first-order valence-electron chi connectivity index (χ1n) is 9.84. The SMILES string of the molecule is CCCCOc1ccc(-c2cc(C(=O)N[C@@H](C)c3ccc(OC)cc3)[nH]n2)cc1. The van der Waals surface area contributed by atoms with Crippen LogP contribution in [0.3, 0.4) is 0 Å². The van der Waals surface area contributed by atoms with Gasteiger partial charge in [0.2, 0.25) is 0 Å². The van der Waals surface area contributed by atoms with Gasteiger partial charge in [-0.05, 0) is 61.4 Å². The zero-order chi connectivity index (χ0) is 20.6. The van der Waals surface area contributed by atoms with Crippen LogP contribution in [0.4, 0.5) is 0 Å². The number of unbranched alkanes of at least 4 members (excludes halogenated alkanes) is 1. The number of rotatable bonds is 9. The Morgan fingerprint density at radius 1 is 1.10 bits per heavy atom. The fourth-order valence-electron chi connectivity index (χ4n) is 2.89. The van der Waals surface area contributed by atoms with Crippen molar-refractivity contribution in [1.29, 1.82) is 0 Å². The predicted octanol–water partition coefficient (Wildman–Crippen LogP) is 4.76. The molecule has 1 amide bonds. The Bertz CT molecular complexity index is 917. The molecule has 0 saturated heterocycles. The number of H-pyrrole nitrogens is 1. The molecule has 0 bridgehead atoms. The summed E-state index contributed by atoms with van der Waals surface area (Å²) in [5.41, 5.74) is 3.06. The number of nitrogens with one attached hydrogen (secondary N) is 2. The van der Waals surface area contributed by atoms with Crippen molar-refractivity contribution in [1.82, 2.24) is 15.5 Å². The van der Waals surface area contributed by atoms with E-state index in [0.717, 1.165) is 42.1 Å². The lowest BCUT2D eigenvalue weighted by molar-refractivity contribution is 0.0935. The summed E-state index contributed by atoms with van der Waals surface area (Å²) >= 11 is 0. The normalized spacial score (nSPS) is 11.7. The van der Waals surface area contributed by atoms with E-state index in [1.165, 1.54) is 0 Å². The molecule has 0 aliphatic heterocycles. The number of hydrogen-bond donors (Lipinski definition) is 2. The average molecular weight is 393 g/mol. The molecule has 0 fully saturated rings. The van der Waals surface area contributed by atoms with Gasteiger partial charge in [0.15, 0.2) is 0 Å². The van der Waals surface area contributed by atoms with Gasteiger partial charge in [-0.15, -0.1) is 0 Å². The molecule has 3 aromatic rings. The third kappa shape index (κ3) is 5.38. The largest absolute Gasteiger partial charge is 0.497 e. The fourth-order valence-corrected chi connectivity index (χ4v) is 2.89. The van der Waals surface area contributed by atoms with Crippen LogP contribution in [0, 0.1) is 0 Å². The Labute approximate surface area is 171 Å². The first kappa shape index (κ1) is 20.5. The van der Waals surface area contributed by atoms with E-state index in [0.29, 0.717) is 11.4 Å². The van der Waals surface area contributed by atoms with Gasteiger partial charge in [-0.1, -0.05) is 25.5 Å². The highest BCUT2D eigenvalue weighted by Gasteiger charge is 2.15. The van der Waals surface area contributed by atoms with E-state index < -0.39 is 0 Å². The lowest BCUT2D eigenvalue weighted by Gasteiger charge is -2.14. The van der Waals surface area contributed by atoms with Crippen LogP contribution in [0.1, 0.15) is 48.8 Å². The van der Waals surface area contributed by atoms with Crippen molar-refractivity contribution in [2.24, 2.45) is 0 Å². The Morgan fingerprint density at radius 2 is 1.79 bits per heavy atom. The first-order chi connectivity index (χ1) is 14.1. The molecule has 1 aromatic heterocycles. The molecule has 0 radical (unpaired) electrons. The second-order valence-electron chi connectivity index (χ2n) is 6.86. The van der Waals surface area contributed by atoms with Crippen LogP contribution in [0.2, 0.25) is 0 Å². The summed E-state index contributed by atoms with van der Waals surface area (Å²) in [6, 6.07) is 17.0. The molecule has 1 atom stereocenters. The topological polar surface area (TPSA) is 76.2 Å². The van der Waals surface area contributed by atoms with E-state index in [-0.39, 0.29) is 11.9 Å². The standard InChI is InChI=1S/C23H27N3O3/c1-4-5-14-29-20-12-8-18(9-13-20)21-15-22(26-25-21)23(27)24-16(2)17-6-10-19(28-3)11-7-17/h6-13,15-16H,4-5,14H2,1-3H3,(H,24,27)(H,25,26)/t16-/m0/s1. The smallest absolute Gasteiger partial charge is 0.269 e. The number of hydrogen-bond acceptors (Lipinski definition) is 4. The van der Waals surface area contributed by atoms with Crippen LogP contribution in [0.5, 0.6) is 11.5 Å². The zero-order valence-electron chi connectivity index (χ0n) is 17.1. The summed E-state index contributed by atoms with van der Waals surface area (Å²) in [5.74, 6) is 1.42. The minimum Gasteiger partial charge on any atom is -0.497 e. The predicted molar refractivity (Wildman–Crippen MR) is 113 cm³/mol. The van der Waals surface area contributed by atoms with Gasteiger partial charge in [0.05, 0.1) is 25.5 Å². The van der Waals surface area contributed by atoms with Crippen LogP contribution < -0.4 is 14.8 Å². The van der Waals surface area contributed by atoms with E-state index in [4.69, 9.17) is 9.47 Å². The number of aromatic nitrogens is 2. The number of nitrogens with zero attached hydrogens (tertiary/aromatic N) is 1. The summed E-state index contributed by atoms with van der Waals surface area (Å²) < 4.78 is 10.8. The lowest BCUT2D eigenvalue weighted by Crippen LogP contribution is -2.26. The van der Waals surface area contributed by atoms with Crippen molar-refractivity contribution >= 4 is 5.91 Å². The van der Waals surface area contributed by atoms with Crippen LogP contribution in [-0.2, 0) is 0 Å². The van der Waals surface area contributed by atoms with Crippen LogP contribution >= 0.6 is 0 Å². The van der Waals surface area contributed by atoms with Crippen molar-refractivity contribution in [2.75, 3.05) is 13.7 Å². The molecule has 0 spiro atoms. The van der Waals surface area contributed by atoms with Crippen LogP contribution in [-0.4, -0.2) is 29.8 Å². The van der Waals surface area contributed by atoms with E-state index in [9.17, 15) is 4.79 Å². The molecule has 6 nitrogen and oxygen atoms in total. The minimum absolute atomic E-state index is 0.139. The Morgan fingerprint density at radius 3 is 2.45 bits per heavy atom. The van der Waals surface area contributed by atoms with Gasteiger partial charge in [0, 0.05) is 5.56 Å². The van der Waals surface area contributed by atoms with Gasteiger partial charge in [0.25, 0.3) is 5.91 Å². The molecular formula is C23H27N3O3. The molecule has 2 N–H and O–H groups in total. The molecule has 152 valence electrons. The molecule has 2 aromatic carbocycles. The Kier molecular flexibility index (Phi) is 6.89. The van der Waals surface area contributed by atoms with E-state index >= 15 is 0 Å². The second-order valence-corrected chi connectivity index (χ2v) is 6.86. The van der Waals surface area contributed by atoms with Gasteiger partial charge < -0.3 is 14.8 Å². The summed E-state index contributed by atoms with van der Waals surface area (Å²) in [5, 5.41) is 10.1. The van der Waals surface area contributed by atoms with Gasteiger partial charge in [-0.3, -0.25) is 9.89 Å². The fraction of sp³-hybridized carbons (Fsp3) is 0.304. The van der Waals surface area contributed by atoms with Gasteiger partial charge >= 0.3 is 0 Å². The van der Waals surface area contributed by atoms with Gasteiger partial charge in [-0.2, -0.15) is 5.10 Å². The maximum Gasteiger partial charge on any atom is 0.269 e. The van der Waals surface area contributed by atoms with E-state index in [1.54, 1.807) is 13.2 Å². The first-order valence-corrected chi connectivity index (χ1v) is 9.84. The van der Waals surface area contributed by atoms with Gasteiger partial charge in [-0.25, -0.2) is 0 Å². The highest BCUT2D eigenvalue weighted by molar-refractivity contribution is 5.93. The summed E-state index contributed by atoms with van der Waals surface area (Å²) in [6.45, 7) is 4.79. The molecule has 0 aliphatic carbocycles. The minimum atomic E-state index is -0.202. The molecule has 29 heavy (non-hydrogen) atoms. The number of methoxy groups -OCH3 is 1. The van der Waals surface area contributed by atoms with Crippen LogP contribution in [0.15, 0.2) is 54.6 Å². The van der Waals surface area contributed by atoms with Crippen molar-refractivity contribution in [3.05, 3.63) is 65.9 Å². The van der Waals surface area contributed by atoms with E-state index in [2.05, 4.69) is 22.4 Å². The zero-order valence-corrected chi connectivity index (χ0v) is 17.1. The number of carbonyl (C=O) groups is 1. The lowest BCUT2D eigenvalue weighted by atomic mass is 10.1. The number of ether oxygens (including phenoxy) is 2. The summed E-state index contributed by atoms with van der Waals surface area (Å²) in [4.78, 5) is 12.6. The molecule has 0 saturated carbocycles. The highest BCUT2D eigenvalue weighted by Crippen LogP contribution is 2.22. The second kappa shape index (κ2) is 9.78. The van der Waals surface area contributed by atoms with Crippen molar-refractivity contribution in [3.8, 4) is 22.8 Å². The third-order valence-electron chi connectivity index (χ3n) is 4.70. The van der Waals surface area contributed by atoms with Crippen molar-refractivity contribution < 1.29 is 14.3 Å². The number of benzene rings is 2. The maximum absolute atomic E-state index is 12.6. The maximum atomic E-state index is 12.6. The van der Waals surface area contributed by atoms with Crippen molar-refractivity contribution in [3.63, 3.8) is 0 Å². The average Bonchev–Trinajstić information content (AvgIpc) is 3.25. The monoisotopic (exact) mass is 393 g/mol. The quantitative estimate of drug-likeness (QED) is 0.514. The molecule has 6 heteroatoms. The van der Waals surface area contributed by atoms with Gasteiger partial charge in [0.1, 0.15) is 17.2 Å². The highest BCUT2D eigenvalue weighted by atomic mass is 16.5. The number of carbonyl (C=O) groups excluding carboxylic acids is 1. The van der Waals surface area contributed by atoms with Crippen LogP contribution in [0.25, 0.3) is 11.3 Å². The van der Waals surface area contributed by atoms with E-state index in [1.807, 2.05) is 55.5 Å². The molecular weight excluding hydrogens is 366 g/mol.